The summed E-state index contributed by atoms with van der Waals surface area (Å²) in [6.45, 7) is 4.43. The largest absolute Gasteiger partial charge is 0.375 e. The van der Waals surface area contributed by atoms with Crippen molar-refractivity contribution < 1.29 is 19.1 Å². The predicted octanol–water partition coefficient (Wildman–Crippen LogP) is 1.19. The van der Waals surface area contributed by atoms with Crippen molar-refractivity contribution in [3.05, 3.63) is 0 Å². The van der Waals surface area contributed by atoms with E-state index in [0.29, 0.717) is 32.3 Å². The Hall–Kier alpha value is -1.43. The van der Waals surface area contributed by atoms with Gasteiger partial charge in [0.1, 0.15) is 5.41 Å². The second-order valence-electron chi connectivity index (χ2n) is 6.62. The van der Waals surface area contributed by atoms with Crippen LogP contribution >= 0.6 is 0 Å². The molecule has 3 rings (SSSR count). The number of rotatable bonds is 1. The summed E-state index contributed by atoms with van der Waals surface area (Å²) in [7, 11) is 0. The minimum absolute atomic E-state index is 0.183. The maximum Gasteiger partial charge on any atom is 0.331 e. The van der Waals surface area contributed by atoms with E-state index in [1.165, 1.54) is 4.90 Å². The average Bonchev–Trinajstić information content (AvgIpc) is 2.24. The first kappa shape index (κ1) is 13.5. The molecule has 1 saturated carbocycles. The van der Waals surface area contributed by atoms with Crippen molar-refractivity contribution in [1.29, 1.82) is 0 Å². The zero-order valence-electron chi connectivity index (χ0n) is 11.9. The first-order chi connectivity index (χ1) is 9.36. The van der Waals surface area contributed by atoms with E-state index in [-0.39, 0.29) is 17.6 Å². The topological polar surface area (TPSA) is 75.7 Å². The summed E-state index contributed by atoms with van der Waals surface area (Å²) in [5.74, 6) is -0.721. The Morgan fingerprint density at radius 1 is 1.25 bits per heavy atom. The smallest absolute Gasteiger partial charge is 0.331 e. The fourth-order valence-electron chi connectivity index (χ4n) is 3.42. The molecule has 2 aliphatic heterocycles. The fraction of sp³-hybridized carbons (Fsp3) is 0.786. The Morgan fingerprint density at radius 3 is 2.50 bits per heavy atom. The van der Waals surface area contributed by atoms with Gasteiger partial charge in [-0.05, 0) is 39.5 Å². The van der Waals surface area contributed by atoms with Crippen LogP contribution in [0.3, 0.4) is 0 Å². The van der Waals surface area contributed by atoms with Crippen LogP contribution < -0.4 is 5.32 Å². The van der Waals surface area contributed by atoms with E-state index >= 15 is 0 Å². The van der Waals surface area contributed by atoms with Gasteiger partial charge in [-0.15, -0.1) is 0 Å². The normalized spacial score (nSPS) is 32.0. The lowest BCUT2D eigenvalue weighted by molar-refractivity contribution is -0.162. The van der Waals surface area contributed by atoms with Crippen LogP contribution in [0.15, 0.2) is 0 Å². The molecule has 1 N–H and O–H groups in total. The Kier molecular flexibility index (Phi) is 2.90. The molecule has 2 heterocycles. The number of nitrogens with zero attached hydrogens (tertiary/aromatic N) is 1. The lowest BCUT2D eigenvalue weighted by atomic mass is 9.66. The number of urea groups is 1. The van der Waals surface area contributed by atoms with E-state index in [2.05, 4.69) is 5.32 Å². The molecular weight excluding hydrogens is 260 g/mol. The Balaban J connectivity index is 1.86. The van der Waals surface area contributed by atoms with Gasteiger partial charge in [-0.25, -0.2) is 4.79 Å². The van der Waals surface area contributed by atoms with Crippen LogP contribution in [0, 0.1) is 5.41 Å². The van der Waals surface area contributed by atoms with E-state index in [0.717, 1.165) is 6.42 Å². The Morgan fingerprint density at radius 2 is 1.95 bits per heavy atom. The zero-order valence-corrected chi connectivity index (χ0v) is 11.9. The van der Waals surface area contributed by atoms with Crippen LogP contribution in [0.1, 0.15) is 46.0 Å². The molecule has 3 aliphatic rings. The number of carbonyl (C=O) groups excluding carboxylic acids is 3. The number of nitrogens with one attached hydrogen (secondary N) is 1. The molecule has 20 heavy (non-hydrogen) atoms. The third kappa shape index (κ3) is 1.85. The van der Waals surface area contributed by atoms with Crippen LogP contribution in [0.4, 0.5) is 4.79 Å². The Bertz CT molecular complexity index is 482. The van der Waals surface area contributed by atoms with Gasteiger partial charge in [-0.3, -0.25) is 19.8 Å². The average molecular weight is 280 g/mol. The van der Waals surface area contributed by atoms with E-state index in [1.807, 2.05) is 13.8 Å². The molecule has 3 fully saturated rings. The van der Waals surface area contributed by atoms with Crippen molar-refractivity contribution in [2.45, 2.75) is 57.6 Å². The van der Waals surface area contributed by atoms with Gasteiger partial charge in [0.05, 0.1) is 5.60 Å². The molecule has 0 aromatic heterocycles. The van der Waals surface area contributed by atoms with Crippen LogP contribution in [-0.2, 0) is 14.3 Å². The van der Waals surface area contributed by atoms with Gasteiger partial charge in [0.15, 0.2) is 0 Å². The zero-order chi connectivity index (χ0) is 14.5. The van der Waals surface area contributed by atoms with Crippen LogP contribution in [-0.4, -0.2) is 41.0 Å². The molecule has 1 atom stereocenters. The molecule has 110 valence electrons. The lowest BCUT2D eigenvalue weighted by Gasteiger charge is -2.48. The standard InChI is InChI=1S/C14H20N2O4/c1-13(2)8-9(4-7-20-13)16-11(18)14(5-3-6-14)10(17)15-12(16)19/h9H,3-8H2,1-2H3,(H,15,17,19). The molecule has 1 spiro atoms. The molecule has 0 radical (unpaired) electrons. The number of hydrogen-bond acceptors (Lipinski definition) is 4. The highest BCUT2D eigenvalue weighted by atomic mass is 16.5. The highest BCUT2D eigenvalue weighted by Crippen LogP contribution is 2.45. The first-order valence-electron chi connectivity index (χ1n) is 7.19. The van der Waals surface area contributed by atoms with E-state index in [4.69, 9.17) is 4.74 Å². The van der Waals surface area contributed by atoms with Crippen molar-refractivity contribution in [2.24, 2.45) is 5.41 Å². The minimum Gasteiger partial charge on any atom is -0.375 e. The third-order valence-corrected chi connectivity index (χ3v) is 4.75. The summed E-state index contributed by atoms with van der Waals surface area (Å²) in [6.07, 6.45) is 3.20. The molecule has 2 saturated heterocycles. The molecule has 1 unspecified atom stereocenters. The summed E-state index contributed by atoms with van der Waals surface area (Å²) in [6, 6.07) is -0.753. The van der Waals surface area contributed by atoms with Crippen molar-refractivity contribution in [3.63, 3.8) is 0 Å². The van der Waals surface area contributed by atoms with Crippen LogP contribution in [0.5, 0.6) is 0 Å². The van der Waals surface area contributed by atoms with Crippen LogP contribution in [0.2, 0.25) is 0 Å². The second kappa shape index (κ2) is 4.28. The van der Waals surface area contributed by atoms with Crippen LogP contribution in [0.25, 0.3) is 0 Å². The molecule has 4 amide bonds. The SMILES string of the molecule is CC1(C)CC(N2C(=O)NC(=O)C3(CCC3)C2=O)CCO1. The van der Waals surface area contributed by atoms with Crippen molar-refractivity contribution >= 4 is 17.8 Å². The monoisotopic (exact) mass is 280 g/mol. The second-order valence-corrected chi connectivity index (χ2v) is 6.62. The van der Waals surface area contributed by atoms with Gasteiger partial charge in [-0.1, -0.05) is 6.42 Å². The summed E-state index contributed by atoms with van der Waals surface area (Å²) in [5, 5.41) is 2.36. The number of imide groups is 2. The minimum atomic E-state index is -0.976. The van der Waals surface area contributed by atoms with Gasteiger partial charge in [-0.2, -0.15) is 0 Å². The molecule has 0 aromatic carbocycles. The van der Waals surface area contributed by atoms with Gasteiger partial charge >= 0.3 is 6.03 Å². The van der Waals surface area contributed by atoms with Gasteiger partial charge in [0.2, 0.25) is 11.8 Å². The molecule has 1 aliphatic carbocycles. The number of barbiturate groups is 1. The molecular formula is C14H20N2O4. The summed E-state index contributed by atoms with van der Waals surface area (Å²) in [4.78, 5) is 38.0. The molecule has 6 nitrogen and oxygen atoms in total. The maximum atomic E-state index is 12.7. The highest BCUT2D eigenvalue weighted by molar-refractivity contribution is 6.19. The summed E-state index contributed by atoms with van der Waals surface area (Å²) in [5.41, 5.74) is -1.33. The quantitative estimate of drug-likeness (QED) is 0.732. The molecule has 0 bridgehead atoms. The predicted molar refractivity (Wildman–Crippen MR) is 69.7 cm³/mol. The fourth-order valence-corrected chi connectivity index (χ4v) is 3.42. The van der Waals surface area contributed by atoms with E-state index in [1.54, 1.807) is 0 Å². The Labute approximate surface area is 117 Å². The van der Waals surface area contributed by atoms with E-state index in [9.17, 15) is 14.4 Å². The first-order valence-corrected chi connectivity index (χ1v) is 7.19. The number of ether oxygens (including phenoxy) is 1. The maximum absolute atomic E-state index is 12.7. The van der Waals surface area contributed by atoms with Crippen molar-refractivity contribution in [2.75, 3.05) is 6.61 Å². The summed E-state index contributed by atoms with van der Waals surface area (Å²) >= 11 is 0. The van der Waals surface area contributed by atoms with Crippen molar-refractivity contribution in [1.82, 2.24) is 10.2 Å². The number of carbonyl (C=O) groups is 3. The molecule has 6 heteroatoms. The van der Waals surface area contributed by atoms with Gasteiger partial charge in [0, 0.05) is 12.6 Å². The lowest BCUT2D eigenvalue weighted by Crippen LogP contribution is -2.69. The number of hydrogen-bond donors (Lipinski definition) is 1. The van der Waals surface area contributed by atoms with Crippen molar-refractivity contribution in [3.8, 4) is 0 Å². The summed E-state index contributed by atoms with van der Waals surface area (Å²) < 4.78 is 5.63. The third-order valence-electron chi connectivity index (χ3n) is 4.75. The molecule has 0 aromatic rings. The highest BCUT2D eigenvalue weighted by Gasteiger charge is 2.58. The van der Waals surface area contributed by atoms with Gasteiger partial charge in [0.25, 0.3) is 0 Å². The van der Waals surface area contributed by atoms with E-state index < -0.39 is 17.4 Å². The van der Waals surface area contributed by atoms with Gasteiger partial charge < -0.3 is 4.74 Å². The number of amides is 4.